The van der Waals surface area contributed by atoms with Gasteiger partial charge in [0.2, 0.25) is 11.6 Å². The molecular weight excluding hydrogens is 257 g/mol. The third kappa shape index (κ3) is 2.61. The molecule has 0 saturated heterocycles. The van der Waals surface area contributed by atoms with Crippen molar-refractivity contribution >= 4 is 5.78 Å². The standard InChI is InChI=1S/C15H18FN3O/c1-4-6-7-11(16)10(3)12-8-9-14-17-15(13(20)5-2)18-19(12)14/h4,6-7,12H,3,5,8-9H2,1-2H3/b6-4-,11-7+/t12-/m0/s1. The van der Waals surface area contributed by atoms with Gasteiger partial charge in [0, 0.05) is 18.4 Å². The summed E-state index contributed by atoms with van der Waals surface area (Å²) in [6, 6.07) is -0.252. The van der Waals surface area contributed by atoms with Crippen LogP contribution in [-0.2, 0) is 6.42 Å². The highest BCUT2D eigenvalue weighted by Crippen LogP contribution is 2.33. The van der Waals surface area contributed by atoms with Crippen LogP contribution in [0.2, 0.25) is 0 Å². The van der Waals surface area contributed by atoms with Crippen LogP contribution in [0.1, 0.15) is 49.2 Å². The number of Topliss-reactive ketones (excluding diaryl/α,β-unsaturated/α-hetero) is 1. The molecule has 0 amide bonds. The number of fused-ring (bicyclic) bond motifs is 1. The molecule has 0 unspecified atom stereocenters. The second-order valence-electron chi connectivity index (χ2n) is 4.69. The normalized spacial score (nSPS) is 18.6. The number of rotatable bonds is 5. The van der Waals surface area contributed by atoms with Gasteiger partial charge in [-0.25, -0.2) is 14.1 Å². The van der Waals surface area contributed by atoms with Gasteiger partial charge in [-0.05, 0) is 19.4 Å². The van der Waals surface area contributed by atoms with Gasteiger partial charge in [-0.15, -0.1) is 5.10 Å². The lowest BCUT2D eigenvalue weighted by Gasteiger charge is -2.13. The van der Waals surface area contributed by atoms with E-state index in [2.05, 4.69) is 16.7 Å². The first kappa shape index (κ1) is 14.4. The summed E-state index contributed by atoms with van der Waals surface area (Å²) in [4.78, 5) is 15.8. The molecule has 2 heterocycles. The second-order valence-corrected chi connectivity index (χ2v) is 4.69. The highest BCUT2D eigenvalue weighted by molar-refractivity contribution is 5.92. The Labute approximate surface area is 117 Å². The molecule has 1 aliphatic rings. The molecule has 0 aliphatic carbocycles. The maximum atomic E-state index is 13.9. The Bertz CT molecular complexity index is 598. The van der Waals surface area contributed by atoms with Crippen LogP contribution in [-0.4, -0.2) is 20.5 Å². The summed E-state index contributed by atoms with van der Waals surface area (Å²) in [5.41, 5.74) is 0.377. The van der Waals surface area contributed by atoms with Crippen molar-refractivity contribution < 1.29 is 9.18 Å². The van der Waals surface area contributed by atoms with Crippen LogP contribution >= 0.6 is 0 Å². The van der Waals surface area contributed by atoms with Gasteiger partial charge in [-0.1, -0.05) is 25.7 Å². The molecule has 1 aromatic heterocycles. The van der Waals surface area contributed by atoms with Crippen LogP contribution in [0.4, 0.5) is 4.39 Å². The minimum Gasteiger partial charge on any atom is -0.291 e. The molecule has 1 atom stereocenters. The summed E-state index contributed by atoms with van der Waals surface area (Å²) in [5, 5.41) is 4.21. The van der Waals surface area contributed by atoms with Crippen molar-refractivity contribution in [3.05, 3.63) is 47.9 Å². The van der Waals surface area contributed by atoms with E-state index < -0.39 is 0 Å². The summed E-state index contributed by atoms with van der Waals surface area (Å²) in [7, 11) is 0. The lowest BCUT2D eigenvalue weighted by Crippen LogP contribution is -2.10. The number of carbonyl (C=O) groups excluding carboxylic acids is 1. The fraction of sp³-hybridized carbons (Fsp3) is 0.400. The summed E-state index contributed by atoms with van der Waals surface area (Å²) in [5.74, 6) is 0.491. The van der Waals surface area contributed by atoms with Gasteiger partial charge >= 0.3 is 0 Å². The van der Waals surface area contributed by atoms with Crippen LogP contribution in [0.15, 0.2) is 36.2 Å². The smallest absolute Gasteiger partial charge is 0.217 e. The van der Waals surface area contributed by atoms with E-state index in [0.29, 0.717) is 24.8 Å². The van der Waals surface area contributed by atoms with E-state index in [1.165, 1.54) is 6.08 Å². The van der Waals surface area contributed by atoms with Crippen LogP contribution in [0.25, 0.3) is 0 Å². The van der Waals surface area contributed by atoms with Crippen molar-refractivity contribution in [2.24, 2.45) is 0 Å². The number of allylic oxidation sites excluding steroid dienone is 5. The quantitative estimate of drug-likeness (QED) is 0.611. The SMILES string of the molecule is C=C(/C(F)=C\C=C/C)[C@@H]1CCc2nc(C(=O)CC)nn21. The van der Waals surface area contributed by atoms with E-state index in [1.807, 2.05) is 6.92 Å². The molecule has 0 saturated carbocycles. The number of ketones is 1. The van der Waals surface area contributed by atoms with Crippen molar-refractivity contribution in [2.45, 2.75) is 39.2 Å². The molecule has 0 N–H and O–H groups in total. The van der Waals surface area contributed by atoms with E-state index in [-0.39, 0.29) is 23.5 Å². The van der Waals surface area contributed by atoms with Crippen molar-refractivity contribution in [2.75, 3.05) is 0 Å². The fourth-order valence-electron chi connectivity index (χ4n) is 2.21. The van der Waals surface area contributed by atoms with Crippen molar-refractivity contribution in [3.63, 3.8) is 0 Å². The molecule has 0 spiro atoms. The van der Waals surface area contributed by atoms with Crippen LogP contribution < -0.4 is 0 Å². The molecule has 20 heavy (non-hydrogen) atoms. The number of aromatic nitrogens is 3. The molecule has 4 nitrogen and oxygen atoms in total. The maximum Gasteiger partial charge on any atom is 0.217 e. The number of nitrogens with zero attached hydrogens (tertiary/aromatic N) is 3. The first-order valence-electron chi connectivity index (χ1n) is 6.74. The summed E-state index contributed by atoms with van der Waals surface area (Å²) in [6.45, 7) is 7.40. The van der Waals surface area contributed by atoms with Crippen LogP contribution in [0, 0.1) is 0 Å². The average molecular weight is 275 g/mol. The van der Waals surface area contributed by atoms with E-state index in [0.717, 1.165) is 5.82 Å². The Balaban J connectivity index is 2.25. The topological polar surface area (TPSA) is 47.8 Å². The Kier molecular flexibility index (Phi) is 4.27. The van der Waals surface area contributed by atoms with Gasteiger partial charge in [0.1, 0.15) is 11.7 Å². The number of hydrogen-bond acceptors (Lipinski definition) is 3. The van der Waals surface area contributed by atoms with Gasteiger partial charge in [0.05, 0.1) is 6.04 Å². The molecule has 0 bridgehead atoms. The minimum atomic E-state index is -0.361. The van der Waals surface area contributed by atoms with Crippen molar-refractivity contribution in [1.29, 1.82) is 0 Å². The van der Waals surface area contributed by atoms with Crippen molar-refractivity contribution in [3.8, 4) is 0 Å². The van der Waals surface area contributed by atoms with Crippen LogP contribution in [0.3, 0.4) is 0 Å². The molecule has 0 fully saturated rings. The lowest BCUT2D eigenvalue weighted by atomic mass is 10.1. The monoisotopic (exact) mass is 275 g/mol. The van der Waals surface area contributed by atoms with E-state index >= 15 is 0 Å². The average Bonchev–Trinajstić information content (AvgIpc) is 3.02. The second kappa shape index (κ2) is 5.94. The summed E-state index contributed by atoms with van der Waals surface area (Å²) < 4.78 is 15.6. The first-order chi connectivity index (χ1) is 9.58. The molecule has 106 valence electrons. The number of carbonyl (C=O) groups is 1. The zero-order valence-corrected chi connectivity index (χ0v) is 11.8. The number of hydrogen-bond donors (Lipinski definition) is 0. The van der Waals surface area contributed by atoms with Gasteiger partial charge in [0.25, 0.3) is 0 Å². The number of halogens is 1. The Morgan fingerprint density at radius 2 is 2.35 bits per heavy atom. The number of aryl methyl sites for hydroxylation is 1. The van der Waals surface area contributed by atoms with Gasteiger partial charge in [-0.3, -0.25) is 4.79 Å². The molecule has 0 aromatic carbocycles. The highest BCUT2D eigenvalue weighted by atomic mass is 19.1. The van der Waals surface area contributed by atoms with E-state index in [1.54, 1.807) is 23.8 Å². The Morgan fingerprint density at radius 1 is 1.60 bits per heavy atom. The molecule has 1 aromatic rings. The molecule has 1 aliphatic heterocycles. The Hall–Kier alpha value is -2.04. The van der Waals surface area contributed by atoms with Crippen molar-refractivity contribution in [1.82, 2.24) is 14.8 Å². The zero-order valence-electron chi connectivity index (χ0n) is 11.8. The van der Waals surface area contributed by atoms with Gasteiger partial charge in [-0.2, -0.15) is 0 Å². The van der Waals surface area contributed by atoms with E-state index in [4.69, 9.17) is 0 Å². The molecule has 2 rings (SSSR count). The highest BCUT2D eigenvalue weighted by Gasteiger charge is 2.30. The largest absolute Gasteiger partial charge is 0.291 e. The maximum absolute atomic E-state index is 13.9. The lowest BCUT2D eigenvalue weighted by molar-refractivity contribution is 0.0977. The molecular formula is C15H18FN3O. The van der Waals surface area contributed by atoms with E-state index in [9.17, 15) is 9.18 Å². The minimum absolute atomic E-state index is 0.0961. The first-order valence-corrected chi connectivity index (χ1v) is 6.74. The van der Waals surface area contributed by atoms with Crippen LogP contribution in [0.5, 0.6) is 0 Å². The fourth-order valence-corrected chi connectivity index (χ4v) is 2.21. The van der Waals surface area contributed by atoms with Gasteiger partial charge < -0.3 is 0 Å². The molecule has 5 heteroatoms. The predicted molar refractivity (Wildman–Crippen MR) is 75.1 cm³/mol. The summed E-state index contributed by atoms with van der Waals surface area (Å²) >= 11 is 0. The third-order valence-corrected chi connectivity index (χ3v) is 3.35. The van der Waals surface area contributed by atoms with Gasteiger partial charge in [0.15, 0.2) is 0 Å². The Morgan fingerprint density at radius 3 is 3.00 bits per heavy atom. The predicted octanol–water partition coefficient (Wildman–Crippen LogP) is 3.34. The molecule has 0 radical (unpaired) electrons. The zero-order chi connectivity index (χ0) is 14.7. The summed E-state index contributed by atoms with van der Waals surface area (Å²) in [6.07, 6.45) is 6.53. The third-order valence-electron chi connectivity index (χ3n) is 3.35.